The Hall–Kier alpha value is -2.25. The number of piperidine rings is 1. The molecule has 1 aliphatic heterocycles. The minimum atomic E-state index is -0.673. The van der Waals surface area contributed by atoms with Crippen molar-refractivity contribution in [3.63, 3.8) is 0 Å². The molecule has 0 aliphatic carbocycles. The molecule has 1 saturated heterocycles. The molecule has 0 saturated carbocycles. The third-order valence-electron chi connectivity index (χ3n) is 5.40. The number of amides is 1. The van der Waals surface area contributed by atoms with Gasteiger partial charge in [-0.15, -0.1) is 0 Å². The van der Waals surface area contributed by atoms with Crippen LogP contribution in [0.15, 0.2) is 29.3 Å². The average Bonchev–Trinajstić information content (AvgIpc) is 2.66. The van der Waals surface area contributed by atoms with Gasteiger partial charge in [0, 0.05) is 31.1 Å². The maximum absolute atomic E-state index is 13.0. The highest BCUT2D eigenvalue weighted by molar-refractivity contribution is 5.97. The second-order valence-corrected chi connectivity index (χ2v) is 7.19. The van der Waals surface area contributed by atoms with Crippen molar-refractivity contribution in [2.45, 2.75) is 32.3 Å². The molecular weight excluding hydrogens is 334 g/mol. The van der Waals surface area contributed by atoms with Crippen LogP contribution in [0.4, 0.5) is 0 Å². The minimum Gasteiger partial charge on any atom is -0.396 e. The second-order valence-electron chi connectivity index (χ2n) is 7.19. The zero-order chi connectivity index (χ0) is 18.9. The molecule has 2 heterocycles. The van der Waals surface area contributed by atoms with E-state index in [-0.39, 0.29) is 18.1 Å². The van der Waals surface area contributed by atoms with E-state index in [2.05, 4.69) is 4.98 Å². The van der Waals surface area contributed by atoms with Gasteiger partial charge in [0.2, 0.25) is 0 Å². The summed E-state index contributed by atoms with van der Waals surface area (Å²) in [4.78, 5) is 31.0. The molecule has 1 aromatic carbocycles. The molecule has 0 unspecified atom stereocenters. The number of aryl methyl sites for hydroxylation is 1. The summed E-state index contributed by atoms with van der Waals surface area (Å²) >= 11 is 0. The number of aromatic nitrogens is 2. The normalized spacial score (nSPS) is 23.4. The molecule has 1 amide bonds. The number of fused-ring (bicyclic) bond motifs is 1. The van der Waals surface area contributed by atoms with Crippen LogP contribution in [0.5, 0.6) is 0 Å². The van der Waals surface area contributed by atoms with E-state index in [0.717, 1.165) is 6.42 Å². The van der Waals surface area contributed by atoms with Crippen LogP contribution in [0, 0.1) is 5.41 Å². The summed E-state index contributed by atoms with van der Waals surface area (Å²) in [6, 6.07) is 4.89. The fourth-order valence-corrected chi connectivity index (χ4v) is 3.83. The van der Waals surface area contributed by atoms with Gasteiger partial charge in [-0.05, 0) is 31.0 Å². The molecule has 7 heteroatoms. The van der Waals surface area contributed by atoms with Gasteiger partial charge in [0.05, 0.1) is 29.9 Å². The van der Waals surface area contributed by atoms with Crippen molar-refractivity contribution in [1.29, 1.82) is 0 Å². The highest BCUT2D eigenvalue weighted by Gasteiger charge is 2.43. The van der Waals surface area contributed by atoms with Gasteiger partial charge in [0.15, 0.2) is 0 Å². The maximum Gasteiger partial charge on any atom is 0.260 e. The molecule has 3 rings (SSSR count). The molecule has 7 nitrogen and oxygen atoms in total. The van der Waals surface area contributed by atoms with Crippen LogP contribution in [-0.2, 0) is 7.05 Å². The molecule has 140 valence electrons. The Balaban J connectivity index is 1.90. The standard InChI is InChI=1S/C19H25N3O4/c1-3-7-19(11-23)10-22(8-6-16(19)24)17(25)13-4-5-14-15(9-13)20-12-21(2)18(14)26/h4-5,9,12,16,23-24H,3,6-8,10-11H2,1-2H3/t16-,19+/m1/s1. The molecule has 1 fully saturated rings. The number of hydrogen-bond donors (Lipinski definition) is 2. The van der Waals surface area contributed by atoms with Crippen molar-refractivity contribution in [2.24, 2.45) is 12.5 Å². The summed E-state index contributed by atoms with van der Waals surface area (Å²) in [6.07, 6.45) is 2.75. The van der Waals surface area contributed by atoms with E-state index in [9.17, 15) is 19.8 Å². The van der Waals surface area contributed by atoms with Gasteiger partial charge < -0.3 is 19.7 Å². The fraction of sp³-hybridized carbons (Fsp3) is 0.526. The van der Waals surface area contributed by atoms with Gasteiger partial charge in [-0.25, -0.2) is 4.98 Å². The van der Waals surface area contributed by atoms with Gasteiger partial charge in [-0.2, -0.15) is 0 Å². The molecule has 26 heavy (non-hydrogen) atoms. The molecular formula is C19H25N3O4. The molecule has 1 aromatic heterocycles. The van der Waals surface area contributed by atoms with Crippen molar-refractivity contribution in [3.8, 4) is 0 Å². The molecule has 1 aliphatic rings. The Morgan fingerprint density at radius 2 is 2.19 bits per heavy atom. The smallest absolute Gasteiger partial charge is 0.260 e. The van der Waals surface area contributed by atoms with Crippen LogP contribution in [0.3, 0.4) is 0 Å². The number of rotatable bonds is 4. The van der Waals surface area contributed by atoms with E-state index < -0.39 is 11.5 Å². The fourth-order valence-electron chi connectivity index (χ4n) is 3.83. The predicted octanol–water partition coefficient (Wildman–Crippen LogP) is 0.919. The lowest BCUT2D eigenvalue weighted by atomic mass is 9.74. The molecule has 2 atom stereocenters. The van der Waals surface area contributed by atoms with Crippen LogP contribution in [0.2, 0.25) is 0 Å². The monoisotopic (exact) mass is 359 g/mol. The van der Waals surface area contributed by atoms with E-state index >= 15 is 0 Å². The third kappa shape index (κ3) is 3.12. The zero-order valence-corrected chi connectivity index (χ0v) is 15.2. The Morgan fingerprint density at radius 3 is 2.88 bits per heavy atom. The Bertz CT molecular complexity index is 879. The molecule has 2 aromatic rings. The number of benzene rings is 1. The van der Waals surface area contributed by atoms with E-state index in [0.29, 0.717) is 42.4 Å². The SMILES string of the molecule is CCC[C@@]1(CO)CN(C(=O)c2ccc3c(=O)n(C)cnc3c2)CC[C@H]1O. The number of aliphatic hydroxyl groups is 2. The molecule has 0 radical (unpaired) electrons. The Kier molecular flexibility index (Phi) is 5.11. The van der Waals surface area contributed by atoms with Crippen molar-refractivity contribution in [1.82, 2.24) is 14.5 Å². The highest BCUT2D eigenvalue weighted by atomic mass is 16.3. The number of likely N-dealkylation sites (tertiary alicyclic amines) is 1. The van der Waals surface area contributed by atoms with Crippen molar-refractivity contribution in [2.75, 3.05) is 19.7 Å². The lowest BCUT2D eigenvalue weighted by Crippen LogP contribution is -2.55. The maximum atomic E-state index is 13.0. The summed E-state index contributed by atoms with van der Waals surface area (Å²) in [6.45, 7) is 2.61. The van der Waals surface area contributed by atoms with E-state index in [1.807, 2.05) is 6.92 Å². The third-order valence-corrected chi connectivity index (χ3v) is 5.40. The molecule has 0 bridgehead atoms. The Morgan fingerprint density at radius 1 is 1.42 bits per heavy atom. The van der Waals surface area contributed by atoms with Gasteiger partial charge in [0.25, 0.3) is 11.5 Å². The molecule has 0 spiro atoms. The van der Waals surface area contributed by atoms with Gasteiger partial charge >= 0.3 is 0 Å². The number of carbonyl (C=O) groups is 1. The zero-order valence-electron chi connectivity index (χ0n) is 15.2. The summed E-state index contributed by atoms with van der Waals surface area (Å²) in [5.41, 5.74) is 0.113. The quantitative estimate of drug-likeness (QED) is 0.846. The number of carbonyl (C=O) groups excluding carboxylic acids is 1. The summed E-state index contributed by atoms with van der Waals surface area (Å²) in [7, 11) is 1.63. The Labute approximate surface area is 151 Å². The van der Waals surface area contributed by atoms with E-state index in [1.54, 1.807) is 30.1 Å². The summed E-state index contributed by atoms with van der Waals surface area (Å²) in [5, 5.41) is 20.7. The summed E-state index contributed by atoms with van der Waals surface area (Å²) in [5.74, 6) is -0.171. The predicted molar refractivity (Wildman–Crippen MR) is 97.9 cm³/mol. The van der Waals surface area contributed by atoms with E-state index in [1.165, 1.54) is 10.9 Å². The van der Waals surface area contributed by atoms with Gasteiger partial charge in [-0.1, -0.05) is 13.3 Å². The molecule has 2 N–H and O–H groups in total. The first-order valence-electron chi connectivity index (χ1n) is 8.95. The first kappa shape index (κ1) is 18.5. The van der Waals surface area contributed by atoms with Crippen LogP contribution >= 0.6 is 0 Å². The van der Waals surface area contributed by atoms with Crippen molar-refractivity contribution in [3.05, 3.63) is 40.4 Å². The lowest BCUT2D eigenvalue weighted by molar-refractivity contribution is -0.0720. The van der Waals surface area contributed by atoms with Crippen LogP contribution in [0.1, 0.15) is 36.5 Å². The minimum absolute atomic E-state index is 0.152. The largest absolute Gasteiger partial charge is 0.396 e. The summed E-state index contributed by atoms with van der Waals surface area (Å²) < 4.78 is 1.40. The first-order valence-corrected chi connectivity index (χ1v) is 8.95. The number of hydrogen-bond acceptors (Lipinski definition) is 5. The van der Waals surface area contributed by atoms with Gasteiger partial charge in [-0.3, -0.25) is 9.59 Å². The van der Waals surface area contributed by atoms with Crippen LogP contribution in [-0.4, -0.2) is 56.4 Å². The van der Waals surface area contributed by atoms with Gasteiger partial charge in [0.1, 0.15) is 0 Å². The van der Waals surface area contributed by atoms with Crippen molar-refractivity contribution < 1.29 is 15.0 Å². The van der Waals surface area contributed by atoms with Crippen LogP contribution in [0.25, 0.3) is 10.9 Å². The van der Waals surface area contributed by atoms with Crippen molar-refractivity contribution >= 4 is 16.8 Å². The first-order chi connectivity index (χ1) is 12.4. The van der Waals surface area contributed by atoms with E-state index in [4.69, 9.17) is 0 Å². The topological polar surface area (TPSA) is 95.7 Å². The number of aliphatic hydroxyl groups excluding tert-OH is 2. The second kappa shape index (κ2) is 7.17. The highest BCUT2D eigenvalue weighted by Crippen LogP contribution is 2.35. The average molecular weight is 359 g/mol. The number of nitrogens with zero attached hydrogens (tertiary/aromatic N) is 3. The van der Waals surface area contributed by atoms with Crippen LogP contribution < -0.4 is 5.56 Å². The lowest BCUT2D eigenvalue weighted by Gasteiger charge is -2.45.